The molecule has 0 saturated heterocycles. The summed E-state index contributed by atoms with van der Waals surface area (Å²) in [6.45, 7) is 0. The van der Waals surface area contributed by atoms with Gasteiger partial charge in [0.1, 0.15) is 4.21 Å². The fourth-order valence-electron chi connectivity index (χ4n) is 1.83. The number of nitrogens with one attached hydrogen (secondary N) is 3. The minimum atomic E-state index is -3.59. The number of amides is 1. The summed E-state index contributed by atoms with van der Waals surface area (Å²) in [5.41, 5.74) is 1.35. The van der Waals surface area contributed by atoms with Crippen LogP contribution >= 0.6 is 11.3 Å². The van der Waals surface area contributed by atoms with Gasteiger partial charge in [0.25, 0.3) is 15.9 Å². The lowest BCUT2D eigenvalue weighted by Crippen LogP contribution is -2.13. The van der Waals surface area contributed by atoms with E-state index in [0.717, 1.165) is 11.3 Å². The molecule has 0 aliphatic carbocycles. The largest absolute Gasteiger partial charge is 0.319 e. The van der Waals surface area contributed by atoms with Crippen molar-refractivity contribution in [1.29, 1.82) is 0 Å². The Kier molecular flexibility index (Phi) is 4.13. The molecular weight excluding hydrogens is 336 g/mol. The predicted octanol–water partition coefficient (Wildman–Crippen LogP) is 2.52. The molecule has 2 heterocycles. The molecule has 0 spiro atoms. The topological polar surface area (TPSA) is 104 Å². The van der Waals surface area contributed by atoms with Crippen molar-refractivity contribution in [3.8, 4) is 0 Å². The van der Waals surface area contributed by atoms with Crippen LogP contribution in [0.1, 0.15) is 10.4 Å². The number of carbonyl (C=O) groups is 1. The molecule has 3 aromatic rings. The Labute approximate surface area is 136 Å². The molecule has 1 amide bonds. The fourth-order valence-corrected chi connectivity index (χ4v) is 3.89. The molecule has 2 aromatic heterocycles. The van der Waals surface area contributed by atoms with Crippen molar-refractivity contribution < 1.29 is 13.2 Å². The smallest absolute Gasteiger partial charge is 0.271 e. The van der Waals surface area contributed by atoms with E-state index in [4.69, 9.17) is 0 Å². The number of rotatable bonds is 5. The molecule has 0 aliphatic rings. The number of nitrogens with zero attached hydrogens (tertiary/aromatic N) is 1. The number of aromatic amines is 1. The van der Waals surface area contributed by atoms with Gasteiger partial charge >= 0.3 is 0 Å². The second kappa shape index (κ2) is 6.23. The zero-order valence-electron chi connectivity index (χ0n) is 11.7. The molecule has 7 nitrogen and oxygen atoms in total. The second-order valence-electron chi connectivity index (χ2n) is 4.56. The van der Waals surface area contributed by atoms with E-state index in [1.165, 1.54) is 24.4 Å². The Hall–Kier alpha value is -2.65. The van der Waals surface area contributed by atoms with E-state index in [9.17, 15) is 13.2 Å². The first-order chi connectivity index (χ1) is 11.0. The van der Waals surface area contributed by atoms with Crippen molar-refractivity contribution in [1.82, 2.24) is 10.2 Å². The van der Waals surface area contributed by atoms with Crippen LogP contribution in [-0.2, 0) is 10.0 Å². The second-order valence-corrected chi connectivity index (χ2v) is 7.41. The summed E-state index contributed by atoms with van der Waals surface area (Å²) < 4.78 is 26.9. The number of H-pyrrole nitrogens is 1. The molecule has 23 heavy (non-hydrogen) atoms. The molecule has 9 heteroatoms. The third kappa shape index (κ3) is 3.58. The quantitative estimate of drug-likeness (QED) is 0.659. The standard InChI is InChI=1S/C14H12N4O3S2/c19-14(17-12-8-15-16-9-12)10-3-5-11(6-4-10)18-23(20,21)13-2-1-7-22-13/h1-9,18H,(H,15,16)(H,17,19). The van der Waals surface area contributed by atoms with Crippen molar-refractivity contribution in [2.24, 2.45) is 0 Å². The molecule has 0 aliphatic heterocycles. The number of anilines is 2. The van der Waals surface area contributed by atoms with Crippen LogP contribution in [0, 0.1) is 0 Å². The van der Waals surface area contributed by atoms with Crippen LogP contribution < -0.4 is 10.0 Å². The van der Waals surface area contributed by atoms with E-state index >= 15 is 0 Å². The van der Waals surface area contributed by atoms with E-state index in [0.29, 0.717) is 16.9 Å². The zero-order valence-corrected chi connectivity index (χ0v) is 13.3. The van der Waals surface area contributed by atoms with Gasteiger partial charge in [0, 0.05) is 17.4 Å². The van der Waals surface area contributed by atoms with Crippen LogP contribution in [-0.4, -0.2) is 24.5 Å². The summed E-state index contributed by atoms with van der Waals surface area (Å²) in [6.07, 6.45) is 3.04. The van der Waals surface area contributed by atoms with E-state index in [1.54, 1.807) is 29.8 Å². The maximum absolute atomic E-state index is 12.1. The van der Waals surface area contributed by atoms with Gasteiger partial charge in [-0.05, 0) is 35.7 Å². The van der Waals surface area contributed by atoms with E-state index in [1.807, 2.05) is 0 Å². The Morgan fingerprint density at radius 3 is 2.52 bits per heavy atom. The number of aromatic nitrogens is 2. The molecule has 3 rings (SSSR count). The molecular formula is C14H12N4O3S2. The van der Waals surface area contributed by atoms with Crippen LogP contribution in [0.2, 0.25) is 0 Å². The monoisotopic (exact) mass is 348 g/mol. The minimum absolute atomic E-state index is 0.235. The third-order valence-corrected chi connectivity index (χ3v) is 5.69. The van der Waals surface area contributed by atoms with Crippen LogP contribution in [0.25, 0.3) is 0 Å². The van der Waals surface area contributed by atoms with Gasteiger partial charge in [0.15, 0.2) is 0 Å². The molecule has 0 bridgehead atoms. The summed E-state index contributed by atoms with van der Waals surface area (Å²) in [5, 5.41) is 10.7. The van der Waals surface area contributed by atoms with Crippen LogP contribution in [0.5, 0.6) is 0 Å². The maximum Gasteiger partial charge on any atom is 0.271 e. The van der Waals surface area contributed by atoms with Crippen molar-refractivity contribution in [3.63, 3.8) is 0 Å². The van der Waals surface area contributed by atoms with Crippen LogP contribution in [0.3, 0.4) is 0 Å². The Balaban J connectivity index is 1.71. The molecule has 0 fully saturated rings. The van der Waals surface area contributed by atoms with Gasteiger partial charge in [0.2, 0.25) is 0 Å². The van der Waals surface area contributed by atoms with Gasteiger partial charge in [0.05, 0.1) is 11.9 Å². The van der Waals surface area contributed by atoms with Gasteiger partial charge in [-0.2, -0.15) is 5.10 Å². The molecule has 0 unspecified atom stereocenters. The molecule has 118 valence electrons. The van der Waals surface area contributed by atoms with Crippen LogP contribution in [0.15, 0.2) is 58.4 Å². The van der Waals surface area contributed by atoms with Crippen molar-refractivity contribution in [3.05, 3.63) is 59.7 Å². The first-order valence-electron chi connectivity index (χ1n) is 6.51. The van der Waals surface area contributed by atoms with E-state index in [2.05, 4.69) is 20.2 Å². The SMILES string of the molecule is O=C(Nc1cn[nH]c1)c1ccc(NS(=O)(=O)c2cccs2)cc1. The van der Waals surface area contributed by atoms with Gasteiger partial charge < -0.3 is 5.32 Å². The van der Waals surface area contributed by atoms with Crippen molar-refractivity contribution in [2.75, 3.05) is 10.0 Å². The Morgan fingerprint density at radius 1 is 1.13 bits per heavy atom. The zero-order chi connectivity index (χ0) is 16.3. The molecule has 3 N–H and O–H groups in total. The number of hydrogen-bond acceptors (Lipinski definition) is 5. The lowest BCUT2D eigenvalue weighted by atomic mass is 10.2. The van der Waals surface area contributed by atoms with Crippen molar-refractivity contribution >= 4 is 38.6 Å². The lowest BCUT2D eigenvalue weighted by Gasteiger charge is -2.07. The summed E-state index contributed by atoms with van der Waals surface area (Å²) >= 11 is 1.14. The third-order valence-electron chi connectivity index (χ3n) is 2.92. The average Bonchev–Trinajstić information content (AvgIpc) is 3.21. The number of sulfonamides is 1. The summed E-state index contributed by atoms with van der Waals surface area (Å²) in [5.74, 6) is -0.306. The molecule has 0 radical (unpaired) electrons. The fraction of sp³-hybridized carbons (Fsp3) is 0. The molecule has 0 atom stereocenters. The average molecular weight is 348 g/mol. The van der Waals surface area contributed by atoms with Gasteiger partial charge in [-0.25, -0.2) is 8.42 Å². The lowest BCUT2D eigenvalue weighted by molar-refractivity contribution is 0.102. The number of carbonyl (C=O) groups excluding carboxylic acids is 1. The normalized spacial score (nSPS) is 11.1. The Morgan fingerprint density at radius 2 is 1.91 bits per heavy atom. The number of benzene rings is 1. The highest BCUT2D eigenvalue weighted by molar-refractivity contribution is 7.94. The number of hydrogen-bond donors (Lipinski definition) is 3. The summed E-state index contributed by atoms with van der Waals surface area (Å²) in [4.78, 5) is 12.0. The number of thiophene rings is 1. The maximum atomic E-state index is 12.1. The van der Waals surface area contributed by atoms with E-state index in [-0.39, 0.29) is 10.1 Å². The molecule has 0 saturated carbocycles. The first-order valence-corrected chi connectivity index (χ1v) is 8.87. The highest BCUT2D eigenvalue weighted by atomic mass is 32.2. The first kappa shape index (κ1) is 15.3. The molecule has 1 aromatic carbocycles. The van der Waals surface area contributed by atoms with Gasteiger partial charge in [-0.15, -0.1) is 11.3 Å². The van der Waals surface area contributed by atoms with Crippen LogP contribution in [0.4, 0.5) is 11.4 Å². The van der Waals surface area contributed by atoms with Gasteiger partial charge in [-0.1, -0.05) is 6.07 Å². The Bertz CT molecular complexity index is 886. The highest BCUT2D eigenvalue weighted by Gasteiger charge is 2.15. The minimum Gasteiger partial charge on any atom is -0.319 e. The summed E-state index contributed by atoms with van der Waals surface area (Å²) in [7, 11) is -3.59. The predicted molar refractivity (Wildman–Crippen MR) is 88.1 cm³/mol. The summed E-state index contributed by atoms with van der Waals surface area (Å²) in [6, 6.07) is 9.36. The van der Waals surface area contributed by atoms with E-state index < -0.39 is 10.0 Å². The van der Waals surface area contributed by atoms with Crippen molar-refractivity contribution in [2.45, 2.75) is 4.21 Å². The highest BCUT2D eigenvalue weighted by Crippen LogP contribution is 2.20. The van der Waals surface area contributed by atoms with Gasteiger partial charge in [-0.3, -0.25) is 14.6 Å².